The molecule has 1 unspecified atom stereocenters. The second-order valence-electron chi connectivity index (χ2n) is 2.38. The molecule has 0 bridgehead atoms. The number of nitrogens with zero attached hydrogens (tertiary/aromatic N) is 1. The summed E-state index contributed by atoms with van der Waals surface area (Å²) < 4.78 is 0. The van der Waals surface area contributed by atoms with E-state index in [0.717, 1.165) is 10.5 Å². The Hall–Kier alpha value is -0.980. The number of rotatable bonds is 2. The van der Waals surface area contributed by atoms with Gasteiger partial charge in [0.1, 0.15) is 6.04 Å². The van der Waals surface area contributed by atoms with Crippen LogP contribution in [-0.4, -0.2) is 6.26 Å². The summed E-state index contributed by atoms with van der Waals surface area (Å²) in [5.41, 5.74) is 6.43. The Bertz CT molecular complexity index is 304. The standard InChI is InChI=1S/C9H10N2S/c1-12-8-4-2-3-7(5-8)9(11)6-10/h2-5,9H,11H2,1H3. The van der Waals surface area contributed by atoms with Crippen molar-refractivity contribution in [2.75, 3.05) is 6.26 Å². The molecule has 12 heavy (non-hydrogen) atoms. The third-order valence-corrected chi connectivity index (χ3v) is 2.32. The van der Waals surface area contributed by atoms with Gasteiger partial charge in [-0.2, -0.15) is 5.26 Å². The van der Waals surface area contributed by atoms with Crippen LogP contribution in [0.3, 0.4) is 0 Å². The zero-order valence-electron chi connectivity index (χ0n) is 6.82. The summed E-state index contributed by atoms with van der Waals surface area (Å²) in [5.74, 6) is 0. The lowest BCUT2D eigenvalue weighted by Gasteiger charge is -2.03. The van der Waals surface area contributed by atoms with Gasteiger partial charge in [0, 0.05) is 4.90 Å². The smallest absolute Gasteiger partial charge is 0.118 e. The minimum Gasteiger partial charge on any atom is -0.312 e. The molecule has 0 saturated carbocycles. The van der Waals surface area contributed by atoms with Crippen molar-refractivity contribution in [2.45, 2.75) is 10.9 Å². The lowest BCUT2D eigenvalue weighted by Crippen LogP contribution is -2.06. The molecule has 0 fully saturated rings. The predicted octanol–water partition coefficient (Wildman–Crippen LogP) is 1.93. The summed E-state index contributed by atoms with van der Waals surface area (Å²) >= 11 is 1.65. The third kappa shape index (κ3) is 2.00. The first-order valence-corrected chi connectivity index (χ1v) is 4.79. The first-order chi connectivity index (χ1) is 5.77. The Balaban J connectivity index is 2.95. The highest BCUT2D eigenvalue weighted by atomic mass is 32.2. The van der Waals surface area contributed by atoms with Crippen molar-refractivity contribution in [3.05, 3.63) is 29.8 Å². The maximum atomic E-state index is 8.57. The van der Waals surface area contributed by atoms with Crippen LogP contribution in [0.15, 0.2) is 29.2 Å². The van der Waals surface area contributed by atoms with Gasteiger partial charge < -0.3 is 5.73 Å². The molecular formula is C9H10N2S. The lowest BCUT2D eigenvalue weighted by atomic mass is 10.1. The van der Waals surface area contributed by atoms with E-state index in [4.69, 9.17) is 11.0 Å². The molecular weight excluding hydrogens is 168 g/mol. The van der Waals surface area contributed by atoms with Crippen molar-refractivity contribution < 1.29 is 0 Å². The topological polar surface area (TPSA) is 49.8 Å². The molecule has 2 N–H and O–H groups in total. The van der Waals surface area contributed by atoms with Crippen LogP contribution < -0.4 is 5.73 Å². The number of hydrogen-bond donors (Lipinski definition) is 1. The maximum Gasteiger partial charge on any atom is 0.118 e. The van der Waals surface area contributed by atoms with Gasteiger partial charge in [-0.3, -0.25) is 0 Å². The van der Waals surface area contributed by atoms with Crippen LogP contribution in [0.2, 0.25) is 0 Å². The van der Waals surface area contributed by atoms with Crippen LogP contribution in [0.4, 0.5) is 0 Å². The molecule has 1 aromatic carbocycles. The van der Waals surface area contributed by atoms with Crippen molar-refractivity contribution in [3.8, 4) is 6.07 Å². The Morgan fingerprint density at radius 1 is 1.58 bits per heavy atom. The van der Waals surface area contributed by atoms with Gasteiger partial charge in [-0.05, 0) is 24.0 Å². The third-order valence-electron chi connectivity index (χ3n) is 1.59. The molecule has 1 aromatic rings. The minimum absolute atomic E-state index is 0.503. The zero-order chi connectivity index (χ0) is 8.97. The normalized spacial score (nSPS) is 12.1. The molecule has 0 saturated heterocycles. The molecule has 62 valence electrons. The second-order valence-corrected chi connectivity index (χ2v) is 3.26. The molecule has 0 heterocycles. The fourth-order valence-electron chi connectivity index (χ4n) is 0.910. The molecule has 0 aliphatic heterocycles. The zero-order valence-corrected chi connectivity index (χ0v) is 7.64. The minimum atomic E-state index is -0.503. The average molecular weight is 178 g/mol. The fourth-order valence-corrected chi connectivity index (χ4v) is 1.38. The molecule has 0 aliphatic rings. The van der Waals surface area contributed by atoms with E-state index in [1.54, 1.807) is 11.8 Å². The fraction of sp³-hybridized carbons (Fsp3) is 0.222. The van der Waals surface area contributed by atoms with E-state index >= 15 is 0 Å². The van der Waals surface area contributed by atoms with Gasteiger partial charge >= 0.3 is 0 Å². The van der Waals surface area contributed by atoms with E-state index in [1.165, 1.54) is 0 Å². The number of hydrogen-bond acceptors (Lipinski definition) is 3. The van der Waals surface area contributed by atoms with Crippen molar-refractivity contribution >= 4 is 11.8 Å². The summed E-state index contributed by atoms with van der Waals surface area (Å²) in [5, 5.41) is 8.57. The Morgan fingerprint density at radius 3 is 2.92 bits per heavy atom. The van der Waals surface area contributed by atoms with Crippen LogP contribution in [0.25, 0.3) is 0 Å². The van der Waals surface area contributed by atoms with Crippen LogP contribution in [0.5, 0.6) is 0 Å². The quantitative estimate of drug-likeness (QED) is 0.704. The van der Waals surface area contributed by atoms with Gasteiger partial charge in [-0.1, -0.05) is 12.1 Å². The molecule has 2 nitrogen and oxygen atoms in total. The Labute approximate surface area is 76.4 Å². The van der Waals surface area contributed by atoms with E-state index in [1.807, 2.05) is 36.6 Å². The van der Waals surface area contributed by atoms with E-state index in [-0.39, 0.29) is 0 Å². The monoisotopic (exact) mass is 178 g/mol. The number of nitriles is 1. The summed E-state index contributed by atoms with van der Waals surface area (Å²) in [7, 11) is 0. The first-order valence-electron chi connectivity index (χ1n) is 3.57. The van der Waals surface area contributed by atoms with Crippen LogP contribution in [-0.2, 0) is 0 Å². The molecule has 0 aliphatic carbocycles. The highest BCUT2D eigenvalue weighted by molar-refractivity contribution is 7.98. The summed E-state index contributed by atoms with van der Waals surface area (Å²) in [6.07, 6.45) is 2.00. The maximum absolute atomic E-state index is 8.57. The van der Waals surface area contributed by atoms with E-state index in [2.05, 4.69) is 0 Å². The molecule has 3 heteroatoms. The predicted molar refractivity (Wildman–Crippen MR) is 50.8 cm³/mol. The van der Waals surface area contributed by atoms with E-state index < -0.39 is 6.04 Å². The average Bonchev–Trinajstić information content (AvgIpc) is 2.17. The van der Waals surface area contributed by atoms with Crippen molar-refractivity contribution in [1.82, 2.24) is 0 Å². The number of thioether (sulfide) groups is 1. The van der Waals surface area contributed by atoms with Gasteiger partial charge in [0.15, 0.2) is 0 Å². The SMILES string of the molecule is CSc1cccc(C(N)C#N)c1. The highest BCUT2D eigenvalue weighted by Gasteiger charge is 2.03. The number of nitrogens with two attached hydrogens (primary N) is 1. The summed E-state index contributed by atoms with van der Waals surface area (Å²) in [6.45, 7) is 0. The summed E-state index contributed by atoms with van der Waals surface area (Å²) in [6, 6.07) is 9.22. The Morgan fingerprint density at radius 2 is 2.33 bits per heavy atom. The molecule has 0 aromatic heterocycles. The first kappa shape index (κ1) is 9.11. The summed E-state index contributed by atoms with van der Waals surface area (Å²) in [4.78, 5) is 1.14. The van der Waals surface area contributed by atoms with Gasteiger partial charge in [0.25, 0.3) is 0 Å². The van der Waals surface area contributed by atoms with Crippen molar-refractivity contribution in [1.29, 1.82) is 5.26 Å². The van der Waals surface area contributed by atoms with E-state index in [9.17, 15) is 0 Å². The molecule has 0 radical (unpaired) electrons. The van der Waals surface area contributed by atoms with Crippen molar-refractivity contribution in [3.63, 3.8) is 0 Å². The van der Waals surface area contributed by atoms with Gasteiger partial charge in [0.2, 0.25) is 0 Å². The van der Waals surface area contributed by atoms with Crippen LogP contribution >= 0.6 is 11.8 Å². The Kier molecular flexibility index (Phi) is 3.15. The highest BCUT2D eigenvalue weighted by Crippen LogP contribution is 2.18. The largest absolute Gasteiger partial charge is 0.312 e. The molecule has 0 spiro atoms. The molecule has 1 rings (SSSR count). The lowest BCUT2D eigenvalue weighted by molar-refractivity contribution is 0.921. The molecule has 0 amide bonds. The van der Waals surface area contributed by atoms with Crippen molar-refractivity contribution in [2.24, 2.45) is 5.73 Å². The van der Waals surface area contributed by atoms with Gasteiger partial charge in [-0.15, -0.1) is 11.8 Å². The van der Waals surface area contributed by atoms with Gasteiger partial charge in [-0.25, -0.2) is 0 Å². The van der Waals surface area contributed by atoms with Gasteiger partial charge in [0.05, 0.1) is 6.07 Å². The second kappa shape index (κ2) is 4.15. The molecule has 1 atom stereocenters. The van der Waals surface area contributed by atoms with E-state index in [0.29, 0.717) is 0 Å². The number of benzene rings is 1. The van der Waals surface area contributed by atoms with Crippen LogP contribution in [0, 0.1) is 11.3 Å². The van der Waals surface area contributed by atoms with Crippen LogP contribution in [0.1, 0.15) is 11.6 Å².